The van der Waals surface area contributed by atoms with Crippen molar-refractivity contribution in [1.82, 2.24) is 4.90 Å². The zero-order valence-corrected chi connectivity index (χ0v) is 17.4. The van der Waals surface area contributed by atoms with Crippen molar-refractivity contribution < 1.29 is 19.0 Å². The summed E-state index contributed by atoms with van der Waals surface area (Å²) in [5, 5.41) is 2.92. The Morgan fingerprint density at radius 3 is 2.21 bits per heavy atom. The van der Waals surface area contributed by atoms with Crippen molar-refractivity contribution in [2.75, 3.05) is 32.6 Å². The molecule has 1 aliphatic rings. The predicted molar refractivity (Wildman–Crippen MR) is 114 cm³/mol. The van der Waals surface area contributed by atoms with Gasteiger partial charge >= 0.3 is 0 Å². The first-order valence-corrected chi connectivity index (χ1v) is 10.1. The molecule has 1 aliphatic heterocycles. The standard InChI is InChI=1S/C23H30N2O4/c1-4-22(29-20-11-9-18(27-3)10-12-20)23(26)24-17-5-7-19(8-6-17)28-21-13-15-25(2)16-14-21/h5-12,21-22H,4,13-16H2,1-3H3,(H,24,26)/t22-/m0/s1. The second kappa shape index (κ2) is 10.2. The van der Waals surface area contributed by atoms with Crippen LogP contribution in [0.15, 0.2) is 48.5 Å². The third-order valence-corrected chi connectivity index (χ3v) is 5.09. The highest BCUT2D eigenvalue weighted by Gasteiger charge is 2.20. The molecule has 29 heavy (non-hydrogen) atoms. The van der Waals surface area contributed by atoms with E-state index in [2.05, 4.69) is 17.3 Å². The number of carbonyl (C=O) groups excluding carboxylic acids is 1. The van der Waals surface area contributed by atoms with Crippen LogP contribution in [0, 0.1) is 0 Å². The smallest absolute Gasteiger partial charge is 0.265 e. The molecule has 1 amide bonds. The van der Waals surface area contributed by atoms with Crippen molar-refractivity contribution in [2.45, 2.75) is 38.4 Å². The van der Waals surface area contributed by atoms with E-state index < -0.39 is 6.10 Å². The topological polar surface area (TPSA) is 60.0 Å². The Bertz CT molecular complexity index is 768. The number of nitrogens with one attached hydrogen (secondary N) is 1. The Labute approximate surface area is 172 Å². The van der Waals surface area contributed by atoms with Gasteiger partial charge in [0.15, 0.2) is 6.10 Å². The Balaban J connectivity index is 1.52. The number of rotatable bonds is 8. The Morgan fingerprint density at radius 2 is 1.62 bits per heavy atom. The van der Waals surface area contributed by atoms with Gasteiger partial charge in [-0.1, -0.05) is 6.92 Å². The molecule has 0 bridgehead atoms. The summed E-state index contributed by atoms with van der Waals surface area (Å²) in [5.74, 6) is 2.04. The molecular formula is C23H30N2O4. The summed E-state index contributed by atoms with van der Waals surface area (Å²) >= 11 is 0. The van der Waals surface area contributed by atoms with Gasteiger partial charge in [0.25, 0.3) is 5.91 Å². The van der Waals surface area contributed by atoms with E-state index in [1.54, 1.807) is 19.2 Å². The number of hydrogen-bond donors (Lipinski definition) is 1. The van der Waals surface area contributed by atoms with Crippen molar-refractivity contribution >= 4 is 11.6 Å². The molecule has 2 aromatic rings. The van der Waals surface area contributed by atoms with Crippen LogP contribution in [0.1, 0.15) is 26.2 Å². The Kier molecular flexibility index (Phi) is 7.36. The van der Waals surface area contributed by atoms with Gasteiger partial charge in [-0.15, -0.1) is 0 Å². The molecule has 0 saturated carbocycles. The van der Waals surface area contributed by atoms with Crippen LogP contribution in [-0.4, -0.2) is 50.3 Å². The molecular weight excluding hydrogens is 368 g/mol. The highest BCUT2D eigenvalue weighted by molar-refractivity contribution is 5.94. The van der Waals surface area contributed by atoms with Crippen molar-refractivity contribution in [1.29, 1.82) is 0 Å². The maximum Gasteiger partial charge on any atom is 0.265 e. The minimum atomic E-state index is -0.571. The molecule has 2 aromatic carbocycles. The fourth-order valence-corrected chi connectivity index (χ4v) is 3.28. The second-order valence-corrected chi connectivity index (χ2v) is 7.32. The van der Waals surface area contributed by atoms with Gasteiger partial charge in [0, 0.05) is 18.8 Å². The zero-order chi connectivity index (χ0) is 20.6. The van der Waals surface area contributed by atoms with E-state index in [1.165, 1.54) is 0 Å². The van der Waals surface area contributed by atoms with Gasteiger partial charge in [-0.2, -0.15) is 0 Å². The summed E-state index contributed by atoms with van der Waals surface area (Å²) in [5.41, 5.74) is 0.725. The van der Waals surface area contributed by atoms with Gasteiger partial charge in [0.2, 0.25) is 0 Å². The van der Waals surface area contributed by atoms with E-state index in [1.807, 2.05) is 43.3 Å². The number of nitrogens with zero attached hydrogens (tertiary/aromatic N) is 1. The van der Waals surface area contributed by atoms with Crippen LogP contribution in [0.4, 0.5) is 5.69 Å². The highest BCUT2D eigenvalue weighted by atomic mass is 16.5. The lowest BCUT2D eigenvalue weighted by molar-refractivity contribution is -0.122. The van der Waals surface area contributed by atoms with Crippen LogP contribution in [0.2, 0.25) is 0 Å². The quantitative estimate of drug-likeness (QED) is 0.729. The summed E-state index contributed by atoms with van der Waals surface area (Å²) < 4.78 is 17.0. The van der Waals surface area contributed by atoms with Crippen molar-refractivity contribution in [2.24, 2.45) is 0 Å². The Hall–Kier alpha value is -2.73. The molecule has 0 aliphatic carbocycles. The molecule has 1 saturated heterocycles. The normalized spacial score (nSPS) is 16.1. The fraction of sp³-hybridized carbons (Fsp3) is 0.435. The molecule has 0 aromatic heterocycles. The van der Waals surface area contributed by atoms with Gasteiger partial charge in [0.05, 0.1) is 7.11 Å². The van der Waals surface area contributed by atoms with Crippen molar-refractivity contribution in [3.05, 3.63) is 48.5 Å². The van der Waals surface area contributed by atoms with E-state index in [4.69, 9.17) is 14.2 Å². The van der Waals surface area contributed by atoms with E-state index in [-0.39, 0.29) is 12.0 Å². The predicted octanol–water partition coefficient (Wildman–Crippen LogP) is 3.96. The molecule has 1 atom stereocenters. The first-order chi connectivity index (χ1) is 14.1. The third kappa shape index (κ3) is 6.12. The summed E-state index contributed by atoms with van der Waals surface area (Å²) in [4.78, 5) is 14.9. The number of likely N-dealkylation sites (tertiary alicyclic amines) is 1. The van der Waals surface area contributed by atoms with Crippen molar-refractivity contribution in [3.63, 3.8) is 0 Å². The molecule has 156 valence electrons. The number of hydrogen-bond acceptors (Lipinski definition) is 5. The van der Waals surface area contributed by atoms with Gasteiger partial charge in [-0.25, -0.2) is 0 Å². The minimum Gasteiger partial charge on any atom is -0.497 e. The SMILES string of the molecule is CC[C@H](Oc1ccc(OC)cc1)C(=O)Nc1ccc(OC2CCN(C)CC2)cc1. The monoisotopic (exact) mass is 398 g/mol. The van der Waals surface area contributed by atoms with E-state index >= 15 is 0 Å². The van der Waals surface area contributed by atoms with Crippen molar-refractivity contribution in [3.8, 4) is 17.2 Å². The summed E-state index contributed by atoms with van der Waals surface area (Å²) in [6, 6.07) is 14.7. The maximum atomic E-state index is 12.6. The highest BCUT2D eigenvalue weighted by Crippen LogP contribution is 2.22. The van der Waals surface area contributed by atoms with Crippen LogP contribution in [0.5, 0.6) is 17.2 Å². The lowest BCUT2D eigenvalue weighted by Crippen LogP contribution is -2.35. The van der Waals surface area contributed by atoms with Gasteiger partial charge < -0.3 is 24.4 Å². The summed E-state index contributed by atoms with van der Waals surface area (Å²) in [6.45, 7) is 4.04. The lowest BCUT2D eigenvalue weighted by atomic mass is 10.1. The second-order valence-electron chi connectivity index (χ2n) is 7.32. The van der Waals surface area contributed by atoms with E-state index in [9.17, 15) is 4.79 Å². The summed E-state index contributed by atoms with van der Waals surface area (Å²) in [6.07, 6.45) is 2.33. The largest absolute Gasteiger partial charge is 0.497 e. The molecule has 1 fully saturated rings. The molecule has 3 rings (SSSR count). The number of carbonyl (C=O) groups is 1. The molecule has 0 unspecified atom stereocenters. The van der Waals surface area contributed by atoms with E-state index in [0.717, 1.165) is 43.1 Å². The zero-order valence-electron chi connectivity index (χ0n) is 17.4. The molecule has 6 nitrogen and oxygen atoms in total. The first-order valence-electron chi connectivity index (χ1n) is 10.1. The summed E-state index contributed by atoms with van der Waals surface area (Å²) in [7, 11) is 3.75. The van der Waals surface area contributed by atoms with Crippen LogP contribution >= 0.6 is 0 Å². The average Bonchev–Trinajstić information content (AvgIpc) is 2.75. The van der Waals surface area contributed by atoms with Crippen LogP contribution < -0.4 is 19.5 Å². The Morgan fingerprint density at radius 1 is 1.03 bits per heavy atom. The molecule has 0 radical (unpaired) electrons. The van der Waals surface area contributed by atoms with Crippen LogP contribution in [0.3, 0.4) is 0 Å². The van der Waals surface area contributed by atoms with Crippen LogP contribution in [-0.2, 0) is 4.79 Å². The molecule has 6 heteroatoms. The van der Waals surface area contributed by atoms with Gasteiger partial charge in [-0.05, 0) is 74.8 Å². The number of piperidine rings is 1. The molecule has 1 N–H and O–H groups in total. The fourth-order valence-electron chi connectivity index (χ4n) is 3.28. The molecule has 1 heterocycles. The average molecular weight is 399 g/mol. The number of methoxy groups -OCH3 is 1. The number of amides is 1. The lowest BCUT2D eigenvalue weighted by Gasteiger charge is -2.29. The maximum absolute atomic E-state index is 12.6. The van der Waals surface area contributed by atoms with E-state index in [0.29, 0.717) is 12.2 Å². The van der Waals surface area contributed by atoms with Crippen LogP contribution in [0.25, 0.3) is 0 Å². The van der Waals surface area contributed by atoms with Gasteiger partial charge in [0.1, 0.15) is 23.4 Å². The molecule has 0 spiro atoms. The minimum absolute atomic E-state index is 0.174. The number of ether oxygens (including phenoxy) is 3. The third-order valence-electron chi connectivity index (χ3n) is 5.09. The number of benzene rings is 2. The van der Waals surface area contributed by atoms with Gasteiger partial charge in [-0.3, -0.25) is 4.79 Å². The number of anilines is 1. The first kappa shape index (κ1) is 21.0.